The van der Waals surface area contributed by atoms with Crippen molar-refractivity contribution in [3.05, 3.63) is 76.0 Å². The van der Waals surface area contributed by atoms with Crippen molar-refractivity contribution in [1.29, 1.82) is 0 Å². The predicted octanol–water partition coefficient (Wildman–Crippen LogP) is 3.91. The van der Waals surface area contributed by atoms with E-state index in [0.29, 0.717) is 11.9 Å². The largest absolute Gasteiger partial charge is 0.337 e. The maximum atomic E-state index is 11.2. The molecule has 4 nitrogen and oxygen atoms in total. The van der Waals surface area contributed by atoms with E-state index in [4.69, 9.17) is 0 Å². The van der Waals surface area contributed by atoms with Gasteiger partial charge < -0.3 is 4.57 Å². The van der Waals surface area contributed by atoms with Crippen molar-refractivity contribution < 1.29 is 4.92 Å². The molecule has 100 valence electrons. The minimum Gasteiger partial charge on any atom is -0.337 e. The monoisotopic (exact) mass is 266 g/mol. The quantitative estimate of drug-likeness (QED) is 0.533. The summed E-state index contributed by atoms with van der Waals surface area (Å²) in [4.78, 5) is 10.9. The van der Waals surface area contributed by atoms with Gasteiger partial charge in [0.2, 0.25) is 0 Å². The van der Waals surface area contributed by atoms with Crippen molar-refractivity contribution in [2.24, 2.45) is 0 Å². The number of hydrogen-bond donors (Lipinski definition) is 0. The molecular weight excluding hydrogens is 252 g/mol. The SMILES string of the molecule is Cc1ccc2c(c1)c([N+](=O)[O-])cn2Cc1ccccc1. The van der Waals surface area contributed by atoms with Crippen molar-refractivity contribution >= 4 is 16.6 Å². The molecule has 0 aliphatic rings. The first-order chi connectivity index (χ1) is 9.65. The summed E-state index contributed by atoms with van der Waals surface area (Å²) in [5.74, 6) is 0. The third-order valence-corrected chi connectivity index (χ3v) is 3.41. The lowest BCUT2D eigenvalue weighted by atomic mass is 10.1. The van der Waals surface area contributed by atoms with Gasteiger partial charge in [0.25, 0.3) is 5.69 Å². The molecule has 2 aromatic carbocycles. The van der Waals surface area contributed by atoms with E-state index < -0.39 is 0 Å². The maximum Gasteiger partial charge on any atom is 0.294 e. The minimum atomic E-state index is -0.316. The molecule has 4 heteroatoms. The number of nitrogens with zero attached hydrogens (tertiary/aromatic N) is 2. The van der Waals surface area contributed by atoms with Gasteiger partial charge in [0.15, 0.2) is 0 Å². The molecule has 0 saturated heterocycles. The molecule has 0 aliphatic carbocycles. The molecule has 0 N–H and O–H groups in total. The van der Waals surface area contributed by atoms with Gasteiger partial charge in [-0.15, -0.1) is 0 Å². The van der Waals surface area contributed by atoms with Crippen LogP contribution in [0.15, 0.2) is 54.7 Å². The summed E-state index contributed by atoms with van der Waals surface area (Å²) in [5.41, 5.74) is 3.21. The molecule has 0 fully saturated rings. The molecule has 0 aliphatic heterocycles. The zero-order chi connectivity index (χ0) is 14.1. The van der Waals surface area contributed by atoms with Crippen LogP contribution in [0, 0.1) is 17.0 Å². The third-order valence-electron chi connectivity index (χ3n) is 3.41. The van der Waals surface area contributed by atoms with Crippen LogP contribution in [0.3, 0.4) is 0 Å². The average molecular weight is 266 g/mol. The van der Waals surface area contributed by atoms with Crippen molar-refractivity contribution in [2.45, 2.75) is 13.5 Å². The molecule has 3 aromatic rings. The molecule has 0 unspecified atom stereocenters. The van der Waals surface area contributed by atoms with E-state index in [0.717, 1.165) is 16.6 Å². The van der Waals surface area contributed by atoms with Crippen molar-refractivity contribution in [3.63, 3.8) is 0 Å². The van der Waals surface area contributed by atoms with Crippen LogP contribution in [-0.4, -0.2) is 9.49 Å². The molecular formula is C16H14N2O2. The summed E-state index contributed by atoms with van der Waals surface area (Å²) in [6, 6.07) is 15.7. The highest BCUT2D eigenvalue weighted by molar-refractivity contribution is 5.90. The van der Waals surface area contributed by atoms with Gasteiger partial charge >= 0.3 is 0 Å². The Kier molecular flexibility index (Phi) is 2.99. The van der Waals surface area contributed by atoms with E-state index >= 15 is 0 Å². The van der Waals surface area contributed by atoms with Crippen LogP contribution < -0.4 is 0 Å². The Morgan fingerprint density at radius 1 is 1.15 bits per heavy atom. The fraction of sp³-hybridized carbons (Fsp3) is 0.125. The molecule has 1 aromatic heterocycles. The first-order valence-corrected chi connectivity index (χ1v) is 6.43. The molecule has 0 saturated carbocycles. The first kappa shape index (κ1) is 12.4. The fourth-order valence-electron chi connectivity index (χ4n) is 2.45. The Bertz CT molecular complexity index is 776. The second-order valence-corrected chi connectivity index (χ2v) is 4.91. The van der Waals surface area contributed by atoms with E-state index in [2.05, 4.69) is 0 Å². The summed E-state index contributed by atoms with van der Waals surface area (Å²) in [6.07, 6.45) is 1.62. The Morgan fingerprint density at radius 2 is 1.90 bits per heavy atom. The summed E-state index contributed by atoms with van der Waals surface area (Å²) >= 11 is 0. The third kappa shape index (κ3) is 2.16. The molecule has 20 heavy (non-hydrogen) atoms. The van der Waals surface area contributed by atoms with Crippen LogP contribution in [0.4, 0.5) is 5.69 Å². The first-order valence-electron chi connectivity index (χ1n) is 6.43. The van der Waals surface area contributed by atoms with E-state index in [1.165, 1.54) is 0 Å². The Labute approximate surface area is 116 Å². The summed E-state index contributed by atoms with van der Waals surface area (Å²) < 4.78 is 1.93. The minimum absolute atomic E-state index is 0.166. The summed E-state index contributed by atoms with van der Waals surface area (Å²) in [7, 11) is 0. The smallest absolute Gasteiger partial charge is 0.294 e. The Hall–Kier alpha value is -2.62. The van der Waals surface area contributed by atoms with Gasteiger partial charge in [0.1, 0.15) is 0 Å². The average Bonchev–Trinajstić information content (AvgIpc) is 2.78. The molecule has 0 amide bonds. The van der Waals surface area contributed by atoms with Crippen molar-refractivity contribution in [2.75, 3.05) is 0 Å². The highest BCUT2D eigenvalue weighted by atomic mass is 16.6. The number of hydrogen-bond acceptors (Lipinski definition) is 2. The molecule has 0 spiro atoms. The fourth-order valence-corrected chi connectivity index (χ4v) is 2.45. The predicted molar refractivity (Wildman–Crippen MR) is 78.9 cm³/mol. The molecule has 1 heterocycles. The molecule has 0 radical (unpaired) electrons. The standard InChI is InChI=1S/C16H14N2O2/c1-12-7-8-15-14(9-12)16(18(19)20)11-17(15)10-13-5-3-2-4-6-13/h2-9,11H,10H2,1H3. The highest BCUT2D eigenvalue weighted by Crippen LogP contribution is 2.29. The lowest BCUT2D eigenvalue weighted by molar-refractivity contribution is -0.383. The second kappa shape index (κ2) is 4.81. The lowest BCUT2D eigenvalue weighted by Crippen LogP contribution is -1.97. The van der Waals surface area contributed by atoms with Gasteiger partial charge in [-0.05, 0) is 24.6 Å². The lowest BCUT2D eigenvalue weighted by Gasteiger charge is -2.04. The number of aryl methyl sites for hydroxylation is 1. The van der Waals surface area contributed by atoms with Crippen LogP contribution in [0.2, 0.25) is 0 Å². The summed E-state index contributed by atoms with van der Waals surface area (Å²) in [5, 5.41) is 11.9. The van der Waals surface area contributed by atoms with Crippen LogP contribution in [0.1, 0.15) is 11.1 Å². The zero-order valence-electron chi connectivity index (χ0n) is 11.1. The zero-order valence-corrected chi connectivity index (χ0v) is 11.1. The van der Waals surface area contributed by atoms with Gasteiger partial charge in [0, 0.05) is 6.54 Å². The Morgan fingerprint density at radius 3 is 2.60 bits per heavy atom. The van der Waals surface area contributed by atoms with Crippen LogP contribution in [0.5, 0.6) is 0 Å². The van der Waals surface area contributed by atoms with E-state index in [9.17, 15) is 10.1 Å². The highest BCUT2D eigenvalue weighted by Gasteiger charge is 2.17. The van der Waals surface area contributed by atoms with E-state index in [-0.39, 0.29) is 10.6 Å². The topological polar surface area (TPSA) is 48.1 Å². The number of rotatable bonds is 3. The van der Waals surface area contributed by atoms with Crippen molar-refractivity contribution in [1.82, 2.24) is 4.57 Å². The second-order valence-electron chi connectivity index (χ2n) is 4.91. The number of fused-ring (bicyclic) bond motifs is 1. The number of nitro groups is 1. The summed E-state index contributed by atoms with van der Waals surface area (Å²) in [6.45, 7) is 2.58. The molecule has 0 atom stereocenters. The van der Waals surface area contributed by atoms with Crippen LogP contribution in [-0.2, 0) is 6.54 Å². The maximum absolute atomic E-state index is 11.2. The number of aromatic nitrogens is 1. The Balaban J connectivity index is 2.14. The van der Waals surface area contributed by atoms with Gasteiger partial charge in [-0.1, -0.05) is 42.0 Å². The van der Waals surface area contributed by atoms with Gasteiger partial charge in [-0.25, -0.2) is 0 Å². The van der Waals surface area contributed by atoms with Crippen LogP contribution >= 0.6 is 0 Å². The van der Waals surface area contributed by atoms with E-state index in [1.807, 2.05) is 60.0 Å². The van der Waals surface area contributed by atoms with Gasteiger partial charge in [-0.2, -0.15) is 0 Å². The van der Waals surface area contributed by atoms with Gasteiger partial charge in [-0.3, -0.25) is 10.1 Å². The molecule has 0 bridgehead atoms. The number of benzene rings is 2. The molecule has 3 rings (SSSR count). The van der Waals surface area contributed by atoms with Crippen molar-refractivity contribution in [3.8, 4) is 0 Å². The van der Waals surface area contributed by atoms with E-state index in [1.54, 1.807) is 6.20 Å². The van der Waals surface area contributed by atoms with Gasteiger partial charge in [0.05, 0.1) is 22.0 Å². The normalized spacial score (nSPS) is 10.8. The van der Waals surface area contributed by atoms with Crippen LogP contribution in [0.25, 0.3) is 10.9 Å².